The van der Waals surface area contributed by atoms with E-state index < -0.39 is 0 Å². The van der Waals surface area contributed by atoms with Crippen LogP contribution in [-0.2, 0) is 11.2 Å². The molecule has 1 amide bonds. The van der Waals surface area contributed by atoms with Gasteiger partial charge in [-0.3, -0.25) is 4.79 Å². The van der Waals surface area contributed by atoms with Crippen molar-refractivity contribution < 1.29 is 9.90 Å². The summed E-state index contributed by atoms with van der Waals surface area (Å²) in [5.74, 6) is 3.05. The van der Waals surface area contributed by atoms with E-state index in [2.05, 4.69) is 5.32 Å². The Labute approximate surface area is 125 Å². The van der Waals surface area contributed by atoms with Crippen molar-refractivity contribution in [2.75, 3.05) is 23.4 Å². The Morgan fingerprint density at radius 1 is 1.35 bits per heavy atom. The molecule has 3 nitrogen and oxygen atoms in total. The van der Waals surface area contributed by atoms with Gasteiger partial charge in [0.2, 0.25) is 5.91 Å². The van der Waals surface area contributed by atoms with Crippen LogP contribution in [0.1, 0.15) is 31.2 Å². The van der Waals surface area contributed by atoms with E-state index in [0.29, 0.717) is 12.3 Å². The fourth-order valence-electron chi connectivity index (χ4n) is 2.51. The van der Waals surface area contributed by atoms with E-state index in [4.69, 9.17) is 5.11 Å². The fraction of sp³-hybridized carbons (Fsp3) is 0.562. The van der Waals surface area contributed by atoms with Crippen molar-refractivity contribution in [3.8, 4) is 0 Å². The number of carbonyl (C=O) groups excluding carboxylic acids is 1. The number of hydrogen-bond donors (Lipinski definition) is 2. The second-order valence-corrected chi connectivity index (χ2v) is 6.56. The first-order valence-electron chi connectivity index (χ1n) is 7.35. The van der Waals surface area contributed by atoms with Gasteiger partial charge in [0, 0.05) is 18.7 Å². The van der Waals surface area contributed by atoms with Gasteiger partial charge in [0.25, 0.3) is 0 Å². The van der Waals surface area contributed by atoms with E-state index in [1.54, 1.807) is 0 Å². The number of aliphatic hydroxyl groups excluding tert-OH is 1. The summed E-state index contributed by atoms with van der Waals surface area (Å²) in [5, 5.41) is 11.9. The summed E-state index contributed by atoms with van der Waals surface area (Å²) in [5.41, 5.74) is 2.03. The van der Waals surface area contributed by atoms with Gasteiger partial charge in [0.15, 0.2) is 0 Å². The summed E-state index contributed by atoms with van der Waals surface area (Å²) in [6.45, 7) is 0.205. The normalized spacial score (nSPS) is 16.1. The lowest BCUT2D eigenvalue weighted by atomic mass is 9.98. The largest absolute Gasteiger partial charge is 0.396 e. The van der Waals surface area contributed by atoms with Gasteiger partial charge in [-0.05, 0) is 60.8 Å². The average Bonchev–Trinajstić information content (AvgIpc) is 2.46. The second-order valence-electron chi connectivity index (χ2n) is 5.34. The van der Waals surface area contributed by atoms with E-state index >= 15 is 0 Å². The van der Waals surface area contributed by atoms with E-state index in [1.807, 2.05) is 36.0 Å². The van der Waals surface area contributed by atoms with Gasteiger partial charge in [-0.2, -0.15) is 11.8 Å². The lowest BCUT2D eigenvalue weighted by Gasteiger charge is -2.20. The van der Waals surface area contributed by atoms with Crippen LogP contribution in [0.5, 0.6) is 0 Å². The standard InChI is InChI=1S/C16H23NO2S/c18-8-2-4-13-3-1-5-15(11-13)17-16(19)12-14-6-9-20-10-7-14/h1,3,5,11,14,18H,2,4,6-10,12H2,(H,17,19). The predicted octanol–water partition coefficient (Wildman–Crippen LogP) is 3.08. The molecule has 0 bridgehead atoms. The Kier molecular flexibility index (Phi) is 6.40. The molecule has 2 rings (SSSR count). The third-order valence-corrected chi connectivity index (χ3v) is 4.70. The number of nitrogens with one attached hydrogen (secondary N) is 1. The topological polar surface area (TPSA) is 49.3 Å². The van der Waals surface area contributed by atoms with E-state index in [-0.39, 0.29) is 12.5 Å². The molecule has 1 aromatic rings. The van der Waals surface area contributed by atoms with Crippen LogP contribution < -0.4 is 5.32 Å². The monoisotopic (exact) mass is 293 g/mol. The van der Waals surface area contributed by atoms with E-state index in [1.165, 1.54) is 11.5 Å². The summed E-state index contributed by atoms with van der Waals surface area (Å²) in [4.78, 5) is 12.0. The Hall–Kier alpha value is -1.00. The van der Waals surface area contributed by atoms with E-state index in [0.717, 1.165) is 36.9 Å². The highest BCUT2D eigenvalue weighted by atomic mass is 32.2. The van der Waals surface area contributed by atoms with Crippen molar-refractivity contribution in [2.24, 2.45) is 5.92 Å². The van der Waals surface area contributed by atoms with Crippen LogP contribution in [0.15, 0.2) is 24.3 Å². The number of anilines is 1. The Bertz CT molecular complexity index is 430. The molecule has 1 aliphatic rings. The van der Waals surface area contributed by atoms with Crippen LogP contribution in [0, 0.1) is 5.92 Å². The quantitative estimate of drug-likeness (QED) is 0.847. The second kappa shape index (κ2) is 8.32. The maximum atomic E-state index is 12.0. The molecule has 1 aromatic carbocycles. The maximum absolute atomic E-state index is 12.0. The summed E-state index contributed by atoms with van der Waals surface area (Å²) in [6.07, 6.45) is 4.57. The molecule has 20 heavy (non-hydrogen) atoms. The summed E-state index contributed by atoms with van der Waals surface area (Å²) in [7, 11) is 0. The first-order chi connectivity index (χ1) is 9.78. The fourth-order valence-corrected chi connectivity index (χ4v) is 3.72. The number of carbonyl (C=O) groups is 1. The molecule has 0 aromatic heterocycles. The maximum Gasteiger partial charge on any atom is 0.224 e. The first kappa shape index (κ1) is 15.4. The van der Waals surface area contributed by atoms with Gasteiger partial charge in [-0.25, -0.2) is 0 Å². The molecule has 1 heterocycles. The third-order valence-electron chi connectivity index (χ3n) is 3.65. The van der Waals surface area contributed by atoms with Gasteiger partial charge in [-0.15, -0.1) is 0 Å². The van der Waals surface area contributed by atoms with Crippen molar-refractivity contribution in [3.63, 3.8) is 0 Å². The number of benzene rings is 1. The summed E-state index contributed by atoms with van der Waals surface area (Å²) < 4.78 is 0. The highest BCUT2D eigenvalue weighted by molar-refractivity contribution is 7.99. The Balaban J connectivity index is 1.83. The van der Waals surface area contributed by atoms with E-state index in [9.17, 15) is 4.79 Å². The van der Waals surface area contributed by atoms with Gasteiger partial charge < -0.3 is 10.4 Å². The smallest absolute Gasteiger partial charge is 0.224 e. The molecule has 0 spiro atoms. The zero-order valence-electron chi connectivity index (χ0n) is 11.8. The molecule has 110 valence electrons. The molecule has 0 saturated carbocycles. The number of amides is 1. The number of hydrogen-bond acceptors (Lipinski definition) is 3. The van der Waals surface area contributed by atoms with Crippen molar-refractivity contribution in [3.05, 3.63) is 29.8 Å². The summed E-state index contributed by atoms with van der Waals surface area (Å²) >= 11 is 1.99. The average molecular weight is 293 g/mol. The molecule has 0 atom stereocenters. The molecule has 0 unspecified atom stereocenters. The number of aliphatic hydroxyl groups is 1. The van der Waals surface area contributed by atoms with Crippen molar-refractivity contribution >= 4 is 23.4 Å². The number of thioether (sulfide) groups is 1. The molecule has 0 aliphatic carbocycles. The van der Waals surface area contributed by atoms with Gasteiger partial charge in [-0.1, -0.05) is 12.1 Å². The molecular weight excluding hydrogens is 270 g/mol. The predicted molar refractivity (Wildman–Crippen MR) is 85.1 cm³/mol. The zero-order valence-corrected chi connectivity index (χ0v) is 12.6. The molecule has 0 radical (unpaired) electrons. The van der Waals surface area contributed by atoms with Gasteiger partial charge >= 0.3 is 0 Å². The lowest BCUT2D eigenvalue weighted by Crippen LogP contribution is -2.19. The minimum absolute atomic E-state index is 0.126. The third kappa shape index (κ3) is 5.17. The SMILES string of the molecule is O=C(CC1CCSCC1)Nc1cccc(CCCO)c1. The van der Waals surface area contributed by atoms with Crippen molar-refractivity contribution in [2.45, 2.75) is 32.1 Å². The van der Waals surface area contributed by atoms with Crippen LogP contribution in [0.2, 0.25) is 0 Å². The summed E-state index contributed by atoms with van der Waals surface area (Å²) in [6, 6.07) is 7.92. The van der Waals surface area contributed by atoms with Crippen LogP contribution in [0.3, 0.4) is 0 Å². The molecule has 4 heteroatoms. The molecule has 1 fully saturated rings. The zero-order chi connectivity index (χ0) is 14.2. The van der Waals surface area contributed by atoms with Crippen molar-refractivity contribution in [1.29, 1.82) is 0 Å². The molecule has 1 aliphatic heterocycles. The van der Waals surface area contributed by atoms with Gasteiger partial charge in [0.05, 0.1) is 0 Å². The highest BCUT2D eigenvalue weighted by Gasteiger charge is 2.17. The van der Waals surface area contributed by atoms with Crippen LogP contribution in [0.4, 0.5) is 5.69 Å². The molecule has 1 saturated heterocycles. The van der Waals surface area contributed by atoms with Gasteiger partial charge in [0.1, 0.15) is 0 Å². The molecule has 2 N–H and O–H groups in total. The molecular formula is C16H23NO2S. The van der Waals surface area contributed by atoms with Crippen molar-refractivity contribution in [1.82, 2.24) is 0 Å². The number of aryl methyl sites for hydroxylation is 1. The van der Waals surface area contributed by atoms with Crippen LogP contribution in [0.25, 0.3) is 0 Å². The van der Waals surface area contributed by atoms with Crippen LogP contribution >= 0.6 is 11.8 Å². The number of rotatable bonds is 6. The minimum atomic E-state index is 0.126. The first-order valence-corrected chi connectivity index (χ1v) is 8.51. The lowest BCUT2D eigenvalue weighted by molar-refractivity contribution is -0.117. The Morgan fingerprint density at radius 3 is 2.90 bits per heavy atom. The van der Waals surface area contributed by atoms with Crippen LogP contribution in [-0.4, -0.2) is 29.1 Å². The highest BCUT2D eigenvalue weighted by Crippen LogP contribution is 2.25. The minimum Gasteiger partial charge on any atom is -0.396 e. The Morgan fingerprint density at radius 2 is 2.15 bits per heavy atom.